The minimum absolute atomic E-state index is 0.172. The molecule has 1 saturated heterocycles. The second kappa shape index (κ2) is 7.48. The highest BCUT2D eigenvalue weighted by Gasteiger charge is 2.34. The highest BCUT2D eigenvalue weighted by atomic mass is 32.2. The van der Waals surface area contributed by atoms with Gasteiger partial charge in [-0.05, 0) is 19.1 Å². The Hall–Kier alpha value is -2.35. The van der Waals surface area contributed by atoms with Gasteiger partial charge in [-0.1, -0.05) is 12.1 Å². The monoisotopic (exact) mass is 346 g/mol. The number of aromatic nitrogens is 3. The van der Waals surface area contributed by atoms with Crippen molar-refractivity contribution in [1.82, 2.24) is 20.1 Å². The molecule has 8 heteroatoms. The van der Waals surface area contributed by atoms with Crippen molar-refractivity contribution in [2.24, 2.45) is 0 Å². The molecular formula is C16H18N4O3S. The number of carbonyl (C=O) groups excluding carboxylic acids is 2. The van der Waals surface area contributed by atoms with Crippen LogP contribution in [0.2, 0.25) is 0 Å². The maximum absolute atomic E-state index is 12.9. The van der Waals surface area contributed by atoms with Crippen LogP contribution < -0.4 is 0 Å². The van der Waals surface area contributed by atoms with E-state index in [2.05, 4.69) is 15.2 Å². The van der Waals surface area contributed by atoms with E-state index >= 15 is 0 Å². The smallest absolute Gasteiger partial charge is 0.329 e. The van der Waals surface area contributed by atoms with Crippen LogP contribution >= 0.6 is 11.8 Å². The molecule has 1 atom stereocenters. The van der Waals surface area contributed by atoms with Gasteiger partial charge in [-0.25, -0.2) is 9.78 Å². The molecule has 1 N–H and O–H groups in total. The second-order valence-electron chi connectivity index (χ2n) is 5.26. The first-order valence-electron chi connectivity index (χ1n) is 7.72. The number of nitrogens with zero attached hydrogens (tertiary/aromatic N) is 3. The third kappa shape index (κ3) is 3.43. The Balaban J connectivity index is 1.84. The molecule has 2 heterocycles. The van der Waals surface area contributed by atoms with Crippen molar-refractivity contribution in [3.8, 4) is 11.4 Å². The zero-order valence-electron chi connectivity index (χ0n) is 13.3. The average Bonchev–Trinajstić information content (AvgIpc) is 3.16. The number of benzene rings is 1. The van der Waals surface area contributed by atoms with Crippen LogP contribution in [0.25, 0.3) is 11.4 Å². The zero-order chi connectivity index (χ0) is 16.9. The van der Waals surface area contributed by atoms with Crippen molar-refractivity contribution in [3.05, 3.63) is 36.2 Å². The molecule has 1 aromatic carbocycles. The Labute approximate surface area is 143 Å². The first-order chi connectivity index (χ1) is 11.7. The van der Waals surface area contributed by atoms with Crippen LogP contribution in [0.1, 0.15) is 17.3 Å². The van der Waals surface area contributed by atoms with Crippen molar-refractivity contribution in [3.63, 3.8) is 0 Å². The van der Waals surface area contributed by atoms with Gasteiger partial charge in [0.25, 0.3) is 5.91 Å². The van der Waals surface area contributed by atoms with Crippen LogP contribution in [-0.4, -0.2) is 62.7 Å². The van der Waals surface area contributed by atoms with Gasteiger partial charge < -0.3 is 9.64 Å². The summed E-state index contributed by atoms with van der Waals surface area (Å²) in [6.07, 6.45) is 1.42. The molecule has 3 rings (SSSR count). The number of rotatable bonds is 4. The van der Waals surface area contributed by atoms with Crippen molar-refractivity contribution in [2.75, 3.05) is 24.7 Å². The van der Waals surface area contributed by atoms with Crippen LogP contribution in [0.3, 0.4) is 0 Å². The summed E-state index contributed by atoms with van der Waals surface area (Å²) in [5.74, 6) is 1.45. The summed E-state index contributed by atoms with van der Waals surface area (Å²) >= 11 is 1.66. The third-order valence-electron chi connectivity index (χ3n) is 3.75. The Bertz CT molecular complexity index is 720. The van der Waals surface area contributed by atoms with E-state index in [0.717, 1.165) is 11.3 Å². The molecule has 1 aliphatic rings. The van der Waals surface area contributed by atoms with Crippen molar-refractivity contribution in [2.45, 2.75) is 13.0 Å². The molecule has 0 bridgehead atoms. The minimum Gasteiger partial charge on any atom is -0.464 e. The van der Waals surface area contributed by atoms with Gasteiger partial charge in [0, 0.05) is 29.2 Å². The molecular weight excluding hydrogens is 328 g/mol. The van der Waals surface area contributed by atoms with Crippen molar-refractivity contribution < 1.29 is 14.3 Å². The molecule has 0 aliphatic carbocycles. The number of nitrogens with one attached hydrogen (secondary N) is 1. The average molecular weight is 346 g/mol. The predicted octanol–water partition coefficient (Wildman–Crippen LogP) is 1.59. The van der Waals surface area contributed by atoms with E-state index in [-0.39, 0.29) is 11.9 Å². The van der Waals surface area contributed by atoms with Gasteiger partial charge in [-0.2, -0.15) is 16.9 Å². The summed E-state index contributed by atoms with van der Waals surface area (Å²) in [7, 11) is 0. The molecule has 1 aromatic heterocycles. The van der Waals surface area contributed by atoms with Gasteiger partial charge in [0.1, 0.15) is 12.4 Å². The molecule has 126 valence electrons. The van der Waals surface area contributed by atoms with E-state index in [9.17, 15) is 9.59 Å². The van der Waals surface area contributed by atoms with E-state index in [1.54, 1.807) is 41.8 Å². The lowest BCUT2D eigenvalue weighted by Crippen LogP contribution is -2.51. The van der Waals surface area contributed by atoms with E-state index < -0.39 is 6.04 Å². The van der Waals surface area contributed by atoms with Crippen LogP contribution in [0, 0.1) is 0 Å². The number of aromatic amines is 1. The molecule has 1 amide bonds. The SMILES string of the molecule is CCOC(=O)C1CSCCN1C(=O)c1cccc(-c2ncn[nH]2)c1. The summed E-state index contributed by atoms with van der Waals surface area (Å²) < 4.78 is 5.11. The topological polar surface area (TPSA) is 88.2 Å². The molecule has 1 fully saturated rings. The first kappa shape index (κ1) is 16.5. The normalized spacial score (nSPS) is 17.5. The number of H-pyrrole nitrogens is 1. The number of hydrogen-bond donors (Lipinski definition) is 1. The number of hydrogen-bond acceptors (Lipinski definition) is 6. The Morgan fingerprint density at radius 2 is 2.33 bits per heavy atom. The van der Waals surface area contributed by atoms with Crippen molar-refractivity contribution >= 4 is 23.6 Å². The molecule has 24 heavy (non-hydrogen) atoms. The van der Waals surface area contributed by atoms with Crippen LogP contribution in [0.5, 0.6) is 0 Å². The lowest BCUT2D eigenvalue weighted by molar-refractivity contribution is -0.147. The number of carbonyl (C=O) groups is 2. The fourth-order valence-corrected chi connectivity index (χ4v) is 3.62. The molecule has 0 saturated carbocycles. The Morgan fingerprint density at radius 1 is 1.46 bits per heavy atom. The Morgan fingerprint density at radius 3 is 3.08 bits per heavy atom. The highest BCUT2D eigenvalue weighted by Crippen LogP contribution is 2.22. The van der Waals surface area contributed by atoms with Crippen LogP contribution in [0.15, 0.2) is 30.6 Å². The van der Waals surface area contributed by atoms with E-state index in [1.165, 1.54) is 6.33 Å². The molecule has 7 nitrogen and oxygen atoms in total. The molecule has 2 aromatic rings. The van der Waals surface area contributed by atoms with E-state index in [0.29, 0.717) is 30.3 Å². The van der Waals surface area contributed by atoms with Gasteiger partial charge in [0.2, 0.25) is 0 Å². The fourth-order valence-electron chi connectivity index (χ4n) is 2.59. The van der Waals surface area contributed by atoms with Crippen LogP contribution in [0.4, 0.5) is 0 Å². The lowest BCUT2D eigenvalue weighted by Gasteiger charge is -2.33. The maximum atomic E-state index is 12.9. The lowest BCUT2D eigenvalue weighted by atomic mass is 10.1. The summed E-state index contributed by atoms with van der Waals surface area (Å²) in [6, 6.07) is 6.61. The first-order valence-corrected chi connectivity index (χ1v) is 8.87. The molecule has 0 radical (unpaired) electrons. The predicted molar refractivity (Wildman–Crippen MR) is 90.6 cm³/mol. The summed E-state index contributed by atoms with van der Waals surface area (Å²) in [4.78, 5) is 30.8. The van der Waals surface area contributed by atoms with Gasteiger partial charge in [0.15, 0.2) is 5.82 Å². The zero-order valence-corrected chi connectivity index (χ0v) is 14.1. The quantitative estimate of drug-likeness (QED) is 0.846. The molecule has 1 unspecified atom stereocenters. The summed E-state index contributed by atoms with van der Waals surface area (Å²) in [5.41, 5.74) is 1.29. The second-order valence-corrected chi connectivity index (χ2v) is 6.41. The van der Waals surface area contributed by atoms with Crippen molar-refractivity contribution in [1.29, 1.82) is 0 Å². The van der Waals surface area contributed by atoms with E-state index in [1.807, 2.05) is 6.07 Å². The third-order valence-corrected chi connectivity index (χ3v) is 4.77. The summed E-state index contributed by atoms with van der Waals surface area (Å²) in [6.45, 7) is 2.60. The van der Waals surface area contributed by atoms with Gasteiger partial charge in [-0.15, -0.1) is 0 Å². The van der Waals surface area contributed by atoms with Gasteiger partial charge in [0.05, 0.1) is 6.61 Å². The number of thioether (sulfide) groups is 1. The number of ether oxygens (including phenoxy) is 1. The highest BCUT2D eigenvalue weighted by molar-refractivity contribution is 7.99. The molecule has 0 spiro atoms. The molecule has 1 aliphatic heterocycles. The fraction of sp³-hybridized carbons (Fsp3) is 0.375. The maximum Gasteiger partial charge on any atom is 0.329 e. The van der Waals surface area contributed by atoms with Gasteiger partial charge in [-0.3, -0.25) is 9.89 Å². The van der Waals surface area contributed by atoms with Crippen LogP contribution in [-0.2, 0) is 9.53 Å². The number of esters is 1. The van der Waals surface area contributed by atoms with E-state index in [4.69, 9.17) is 4.74 Å². The standard InChI is InChI=1S/C16H18N4O3S/c1-2-23-16(22)13-9-24-7-6-20(13)15(21)12-5-3-4-11(8-12)14-17-10-18-19-14/h3-5,8,10,13H,2,6-7,9H2,1H3,(H,17,18,19). The number of amides is 1. The Kier molecular flexibility index (Phi) is 5.14. The summed E-state index contributed by atoms with van der Waals surface area (Å²) in [5, 5.41) is 6.60. The minimum atomic E-state index is -0.537. The largest absolute Gasteiger partial charge is 0.464 e. The van der Waals surface area contributed by atoms with Gasteiger partial charge >= 0.3 is 5.97 Å².